The fourth-order valence-electron chi connectivity index (χ4n) is 6.88. The van der Waals surface area contributed by atoms with E-state index in [4.69, 9.17) is 0 Å². The molecule has 2 N–H and O–H groups in total. The van der Waals surface area contributed by atoms with Gasteiger partial charge in [0.2, 0.25) is 0 Å². The second-order valence-electron chi connectivity index (χ2n) is 10.7. The second-order valence-corrected chi connectivity index (χ2v) is 10.7. The van der Waals surface area contributed by atoms with Gasteiger partial charge in [0.05, 0.1) is 6.61 Å². The van der Waals surface area contributed by atoms with Gasteiger partial charge in [0.25, 0.3) is 0 Å². The van der Waals surface area contributed by atoms with E-state index in [1.165, 1.54) is 49.8 Å². The number of aryl methyl sites for hydroxylation is 1. The van der Waals surface area contributed by atoms with Gasteiger partial charge in [-0.1, -0.05) is 31.7 Å². The lowest BCUT2D eigenvalue weighted by Crippen LogP contribution is -2.45. The van der Waals surface area contributed by atoms with Crippen LogP contribution in [0.2, 0.25) is 0 Å². The summed E-state index contributed by atoms with van der Waals surface area (Å²) < 4.78 is 0. The summed E-state index contributed by atoms with van der Waals surface area (Å²) in [5, 5.41) is 13.2. The molecule has 2 heteroatoms. The normalized spacial score (nSPS) is 35.1. The Balaban J connectivity index is 1.58. The zero-order valence-corrected chi connectivity index (χ0v) is 17.6. The van der Waals surface area contributed by atoms with E-state index in [1.54, 1.807) is 5.56 Å². The Bertz CT molecular complexity index is 730. The summed E-state index contributed by atoms with van der Waals surface area (Å²) in [5.41, 5.74) is 5.92. The Hall–Kier alpha value is -1.28. The Morgan fingerprint density at radius 1 is 1.22 bits per heavy atom. The van der Waals surface area contributed by atoms with Crippen LogP contribution in [0, 0.1) is 23.2 Å². The maximum absolute atomic E-state index is 9.48. The average molecular weight is 368 g/mol. The van der Waals surface area contributed by atoms with Crippen molar-refractivity contribution in [2.45, 2.75) is 84.3 Å². The number of rotatable bonds is 3. The Morgan fingerprint density at radius 3 is 2.70 bits per heavy atom. The summed E-state index contributed by atoms with van der Waals surface area (Å²) in [6.07, 6.45) is 7.78. The topological polar surface area (TPSA) is 32.3 Å². The first kappa shape index (κ1) is 19.1. The molecule has 27 heavy (non-hydrogen) atoms. The first-order chi connectivity index (χ1) is 12.7. The number of hydrogen-bond acceptors (Lipinski definition) is 2. The number of benzene rings is 1. The van der Waals surface area contributed by atoms with Crippen LogP contribution < -0.4 is 5.32 Å². The molecule has 0 aromatic heterocycles. The molecule has 5 atom stereocenters. The zero-order valence-electron chi connectivity index (χ0n) is 17.6. The third kappa shape index (κ3) is 3.24. The van der Waals surface area contributed by atoms with Gasteiger partial charge in [0.1, 0.15) is 0 Å². The van der Waals surface area contributed by atoms with Crippen molar-refractivity contribution in [2.24, 2.45) is 23.2 Å². The Morgan fingerprint density at radius 2 is 2.00 bits per heavy atom. The quantitative estimate of drug-likeness (QED) is 0.734. The molecule has 0 bridgehead atoms. The van der Waals surface area contributed by atoms with Gasteiger partial charge in [-0.05, 0) is 99.2 Å². The fourth-order valence-corrected chi connectivity index (χ4v) is 6.88. The van der Waals surface area contributed by atoms with Crippen LogP contribution in [0.5, 0.6) is 0 Å². The minimum absolute atomic E-state index is 0.0942. The molecule has 4 rings (SSSR count). The van der Waals surface area contributed by atoms with E-state index in [9.17, 15) is 5.11 Å². The van der Waals surface area contributed by atoms with Gasteiger partial charge in [0.15, 0.2) is 0 Å². The van der Waals surface area contributed by atoms with Gasteiger partial charge < -0.3 is 10.4 Å². The third-order valence-electron chi connectivity index (χ3n) is 7.93. The molecule has 0 saturated heterocycles. The molecule has 0 unspecified atom stereocenters. The highest BCUT2D eigenvalue weighted by molar-refractivity contribution is 5.38. The maximum atomic E-state index is 9.48. The number of aliphatic hydroxyl groups is 1. The standard InChI is InChI=1S/C25H37NO/c1-16(26-24(2,3)4)22-10-11-23-21-9-7-18-14-17(15-27)6-8-19(18)20(21)12-13-25(22,23)5/h6,8,14,20-23,26-27H,1,7,9-13,15H2,2-5H3/t20-,21-,22-,23+,25-/m1/s1. The average Bonchev–Trinajstić information content (AvgIpc) is 2.96. The van der Waals surface area contributed by atoms with Crippen LogP contribution in [0.1, 0.15) is 82.4 Å². The Kier molecular flexibility index (Phi) is 4.70. The first-order valence-corrected chi connectivity index (χ1v) is 10.9. The molecule has 2 fully saturated rings. The summed E-state index contributed by atoms with van der Waals surface area (Å²) in [6.45, 7) is 13.9. The third-order valence-corrected chi connectivity index (χ3v) is 7.93. The van der Waals surface area contributed by atoms with Crippen LogP contribution in [0.25, 0.3) is 0 Å². The van der Waals surface area contributed by atoms with Crippen molar-refractivity contribution >= 4 is 0 Å². The predicted molar refractivity (Wildman–Crippen MR) is 113 cm³/mol. The molecule has 0 amide bonds. The molecule has 148 valence electrons. The summed E-state index contributed by atoms with van der Waals surface area (Å²) in [5.74, 6) is 2.98. The minimum Gasteiger partial charge on any atom is -0.392 e. The van der Waals surface area contributed by atoms with Crippen LogP contribution in [-0.2, 0) is 13.0 Å². The van der Waals surface area contributed by atoms with E-state index >= 15 is 0 Å². The maximum Gasteiger partial charge on any atom is 0.0681 e. The lowest BCUT2D eigenvalue weighted by Gasteiger charge is -2.51. The van der Waals surface area contributed by atoms with Crippen molar-refractivity contribution in [1.82, 2.24) is 5.32 Å². The van der Waals surface area contributed by atoms with Crippen molar-refractivity contribution in [3.8, 4) is 0 Å². The van der Waals surface area contributed by atoms with Crippen molar-refractivity contribution in [3.05, 3.63) is 47.2 Å². The van der Waals surface area contributed by atoms with Gasteiger partial charge in [-0.3, -0.25) is 0 Å². The molecule has 3 aliphatic carbocycles. The van der Waals surface area contributed by atoms with Crippen LogP contribution in [0.15, 0.2) is 30.5 Å². The largest absolute Gasteiger partial charge is 0.392 e. The zero-order chi connectivity index (χ0) is 19.4. The summed E-state index contributed by atoms with van der Waals surface area (Å²) in [4.78, 5) is 0. The van der Waals surface area contributed by atoms with Crippen LogP contribution in [0.4, 0.5) is 0 Å². The molecule has 1 aromatic carbocycles. The molecule has 0 aliphatic heterocycles. The smallest absolute Gasteiger partial charge is 0.0681 e. The number of nitrogens with one attached hydrogen (secondary N) is 1. The molecule has 3 aliphatic rings. The van der Waals surface area contributed by atoms with Crippen molar-refractivity contribution < 1.29 is 5.11 Å². The highest BCUT2D eigenvalue weighted by atomic mass is 16.3. The van der Waals surface area contributed by atoms with Gasteiger partial charge >= 0.3 is 0 Å². The van der Waals surface area contributed by atoms with E-state index in [2.05, 4.69) is 57.8 Å². The minimum atomic E-state index is 0.0942. The first-order valence-electron chi connectivity index (χ1n) is 10.9. The van der Waals surface area contributed by atoms with Crippen LogP contribution in [-0.4, -0.2) is 10.6 Å². The van der Waals surface area contributed by atoms with Crippen LogP contribution >= 0.6 is 0 Å². The van der Waals surface area contributed by atoms with Crippen LogP contribution in [0.3, 0.4) is 0 Å². The molecular weight excluding hydrogens is 330 g/mol. The highest BCUT2D eigenvalue weighted by Crippen LogP contribution is 2.64. The van der Waals surface area contributed by atoms with Crippen molar-refractivity contribution in [2.75, 3.05) is 0 Å². The van der Waals surface area contributed by atoms with Gasteiger partial charge in [-0.25, -0.2) is 0 Å². The molecule has 0 radical (unpaired) electrons. The predicted octanol–water partition coefficient (Wildman–Crippen LogP) is 5.55. The van der Waals surface area contributed by atoms with E-state index in [1.807, 2.05) is 0 Å². The van der Waals surface area contributed by atoms with Gasteiger partial charge in [-0.15, -0.1) is 0 Å². The SMILES string of the molecule is C=C(NC(C)(C)C)[C@H]1CC[C@H]2[C@@H]3CCc4cc(CO)ccc4[C@H]3CC[C@]12C. The van der Waals surface area contributed by atoms with Gasteiger partial charge in [0, 0.05) is 17.2 Å². The molecule has 0 spiro atoms. The molecule has 0 heterocycles. The van der Waals surface area contributed by atoms with E-state index in [0.29, 0.717) is 11.3 Å². The summed E-state index contributed by atoms with van der Waals surface area (Å²) in [6, 6.07) is 6.72. The number of allylic oxidation sites excluding steroid dienone is 1. The Labute approximate surface area is 165 Å². The highest BCUT2D eigenvalue weighted by Gasteiger charge is 2.55. The molecule has 1 aromatic rings. The number of aliphatic hydroxyl groups excluding tert-OH is 1. The summed E-state index contributed by atoms with van der Waals surface area (Å²) >= 11 is 0. The molecule has 2 nitrogen and oxygen atoms in total. The van der Waals surface area contributed by atoms with E-state index < -0.39 is 0 Å². The summed E-state index contributed by atoms with van der Waals surface area (Å²) in [7, 11) is 0. The van der Waals surface area contributed by atoms with Gasteiger partial charge in [-0.2, -0.15) is 0 Å². The number of hydrogen-bond donors (Lipinski definition) is 2. The fraction of sp³-hybridized carbons (Fsp3) is 0.680. The van der Waals surface area contributed by atoms with Crippen molar-refractivity contribution in [1.29, 1.82) is 0 Å². The van der Waals surface area contributed by atoms with E-state index in [0.717, 1.165) is 23.3 Å². The second kappa shape index (κ2) is 6.65. The monoisotopic (exact) mass is 367 g/mol. The molecule has 2 saturated carbocycles. The lowest BCUT2D eigenvalue weighted by molar-refractivity contribution is 0.0358. The van der Waals surface area contributed by atoms with Crippen molar-refractivity contribution in [3.63, 3.8) is 0 Å². The van der Waals surface area contributed by atoms with E-state index in [-0.39, 0.29) is 12.1 Å². The lowest BCUT2D eigenvalue weighted by atomic mass is 9.54. The molecular formula is C25H37NO. The number of fused-ring (bicyclic) bond motifs is 5.